The minimum Gasteiger partial charge on any atom is -0.494 e. The molecule has 0 bridgehead atoms. The second-order valence-corrected chi connectivity index (χ2v) is 4.56. The quantitative estimate of drug-likeness (QED) is 0.596. The predicted octanol–water partition coefficient (Wildman–Crippen LogP) is 3.95. The van der Waals surface area contributed by atoms with E-state index in [9.17, 15) is 10.1 Å². The molecule has 0 atom stereocenters. The van der Waals surface area contributed by atoms with Crippen LogP contribution in [0.15, 0.2) is 60.3 Å². The number of ether oxygens (including phenoxy) is 1. The van der Waals surface area contributed by atoms with Crippen molar-refractivity contribution in [1.29, 1.82) is 0 Å². The molecule has 0 saturated heterocycles. The average molecular weight is 283 g/mol. The molecule has 4 heteroatoms. The lowest BCUT2D eigenvalue weighted by molar-refractivity contribution is -0.425. The van der Waals surface area contributed by atoms with Crippen molar-refractivity contribution in [2.24, 2.45) is 0 Å². The summed E-state index contributed by atoms with van der Waals surface area (Å²) in [7, 11) is 0. The lowest BCUT2D eigenvalue weighted by atomic mass is 10.1. The Morgan fingerprint density at radius 2 is 1.95 bits per heavy atom. The molecule has 0 amide bonds. The molecule has 2 rings (SSSR count). The summed E-state index contributed by atoms with van der Waals surface area (Å²) >= 11 is 0. The predicted molar refractivity (Wildman–Crippen MR) is 82.7 cm³/mol. The highest BCUT2D eigenvalue weighted by Gasteiger charge is 2.12. The van der Waals surface area contributed by atoms with Gasteiger partial charge >= 0.3 is 0 Å². The first-order chi connectivity index (χ1) is 10.2. The fraction of sp³-hybridized carbons (Fsp3) is 0.176. The number of nitro groups is 1. The molecule has 0 spiro atoms. The van der Waals surface area contributed by atoms with Crippen LogP contribution in [0.4, 0.5) is 0 Å². The molecule has 0 saturated carbocycles. The van der Waals surface area contributed by atoms with Crippen LogP contribution in [0.5, 0.6) is 5.75 Å². The van der Waals surface area contributed by atoms with Crippen molar-refractivity contribution in [3.05, 3.63) is 81.5 Å². The lowest BCUT2D eigenvalue weighted by Crippen LogP contribution is -2.02. The van der Waals surface area contributed by atoms with Gasteiger partial charge in [-0.2, -0.15) is 0 Å². The normalized spacial score (nSPS) is 11.2. The molecule has 0 unspecified atom stereocenters. The second kappa shape index (κ2) is 7.24. The first-order valence-corrected chi connectivity index (χ1v) is 6.81. The molecule has 21 heavy (non-hydrogen) atoms. The van der Waals surface area contributed by atoms with Gasteiger partial charge < -0.3 is 4.74 Å². The zero-order valence-electron chi connectivity index (χ0n) is 11.9. The van der Waals surface area contributed by atoms with Crippen LogP contribution in [0.2, 0.25) is 0 Å². The van der Waals surface area contributed by atoms with Gasteiger partial charge in [0, 0.05) is 6.08 Å². The van der Waals surface area contributed by atoms with Crippen LogP contribution in [0, 0.1) is 10.1 Å². The molecule has 0 aliphatic carbocycles. The van der Waals surface area contributed by atoms with Crippen LogP contribution in [0.25, 0.3) is 6.08 Å². The van der Waals surface area contributed by atoms with Gasteiger partial charge in [-0.05, 0) is 30.2 Å². The minimum atomic E-state index is -0.333. The van der Waals surface area contributed by atoms with Gasteiger partial charge in [-0.1, -0.05) is 42.5 Å². The third-order valence-corrected chi connectivity index (χ3v) is 2.96. The summed E-state index contributed by atoms with van der Waals surface area (Å²) in [5, 5.41) is 11.2. The van der Waals surface area contributed by atoms with E-state index in [0.29, 0.717) is 18.8 Å². The zero-order chi connectivity index (χ0) is 15.1. The molecule has 0 heterocycles. The van der Waals surface area contributed by atoms with Gasteiger partial charge in [0.15, 0.2) is 0 Å². The summed E-state index contributed by atoms with van der Waals surface area (Å²) < 4.78 is 5.41. The highest BCUT2D eigenvalue weighted by molar-refractivity contribution is 5.54. The summed E-state index contributed by atoms with van der Waals surface area (Å²) in [4.78, 5) is 10.9. The van der Waals surface area contributed by atoms with Crippen LogP contribution in [0.1, 0.15) is 18.1 Å². The largest absolute Gasteiger partial charge is 0.494 e. The first-order valence-electron chi connectivity index (χ1n) is 6.81. The maximum absolute atomic E-state index is 11.2. The van der Waals surface area contributed by atoms with Crippen LogP contribution in [-0.2, 0) is 6.42 Å². The SMILES string of the molecule is CCOc1cccc(C=C(Cc2ccccc2)[N+](=O)[O-])c1. The maximum atomic E-state index is 11.2. The van der Waals surface area contributed by atoms with Crippen molar-refractivity contribution in [3.63, 3.8) is 0 Å². The fourth-order valence-electron chi connectivity index (χ4n) is 2.03. The summed E-state index contributed by atoms with van der Waals surface area (Å²) in [6.45, 7) is 2.47. The van der Waals surface area contributed by atoms with Crippen molar-refractivity contribution in [1.82, 2.24) is 0 Å². The van der Waals surface area contributed by atoms with E-state index in [1.165, 1.54) is 0 Å². The molecule has 0 N–H and O–H groups in total. The Kier molecular flexibility index (Phi) is 5.10. The van der Waals surface area contributed by atoms with Gasteiger partial charge in [0.2, 0.25) is 0 Å². The molecule has 2 aromatic rings. The molecule has 0 fully saturated rings. The average Bonchev–Trinajstić information content (AvgIpc) is 2.48. The van der Waals surface area contributed by atoms with Crippen molar-refractivity contribution in [2.75, 3.05) is 6.61 Å². The molecular weight excluding hydrogens is 266 g/mol. The molecular formula is C17H17NO3. The number of benzene rings is 2. The molecule has 2 aromatic carbocycles. The number of hydrogen-bond donors (Lipinski definition) is 0. The van der Waals surface area contributed by atoms with Crippen molar-refractivity contribution in [3.8, 4) is 5.75 Å². The van der Waals surface area contributed by atoms with Crippen LogP contribution in [-0.4, -0.2) is 11.5 Å². The Bertz CT molecular complexity index is 635. The number of nitrogens with zero attached hydrogens (tertiary/aromatic N) is 1. The Morgan fingerprint density at radius 1 is 1.19 bits per heavy atom. The second-order valence-electron chi connectivity index (χ2n) is 4.56. The van der Waals surface area contributed by atoms with Gasteiger partial charge in [-0.15, -0.1) is 0 Å². The standard InChI is InChI=1S/C17H17NO3/c1-2-21-17-10-6-9-15(13-17)12-16(18(19)20)11-14-7-4-3-5-8-14/h3-10,12-13H,2,11H2,1H3. The monoisotopic (exact) mass is 283 g/mol. The summed E-state index contributed by atoms with van der Waals surface area (Å²) in [5.74, 6) is 0.716. The highest BCUT2D eigenvalue weighted by Crippen LogP contribution is 2.18. The van der Waals surface area contributed by atoms with Gasteiger partial charge in [-0.25, -0.2) is 0 Å². The van der Waals surface area contributed by atoms with Gasteiger partial charge in [0.05, 0.1) is 18.0 Å². The topological polar surface area (TPSA) is 52.4 Å². The van der Waals surface area contributed by atoms with Gasteiger partial charge in [-0.3, -0.25) is 10.1 Å². The van der Waals surface area contributed by atoms with Crippen molar-refractivity contribution < 1.29 is 9.66 Å². The van der Waals surface area contributed by atoms with Crippen LogP contribution >= 0.6 is 0 Å². The lowest BCUT2D eigenvalue weighted by Gasteiger charge is -2.04. The van der Waals surface area contributed by atoms with Crippen molar-refractivity contribution in [2.45, 2.75) is 13.3 Å². The minimum absolute atomic E-state index is 0.162. The summed E-state index contributed by atoms with van der Waals surface area (Å²) in [6.07, 6.45) is 1.89. The van der Waals surface area contributed by atoms with E-state index in [-0.39, 0.29) is 10.6 Å². The molecule has 0 aliphatic heterocycles. The summed E-state index contributed by atoms with van der Waals surface area (Å²) in [6, 6.07) is 16.7. The Hall–Kier alpha value is -2.62. The Morgan fingerprint density at radius 3 is 2.62 bits per heavy atom. The Labute approximate surface area is 123 Å². The zero-order valence-corrected chi connectivity index (χ0v) is 11.9. The third kappa shape index (κ3) is 4.45. The van der Waals surface area contributed by atoms with E-state index in [1.54, 1.807) is 12.1 Å². The van der Waals surface area contributed by atoms with Crippen molar-refractivity contribution >= 4 is 6.08 Å². The smallest absolute Gasteiger partial charge is 0.251 e. The molecule has 108 valence electrons. The van der Waals surface area contributed by atoms with E-state index in [4.69, 9.17) is 4.74 Å². The van der Waals surface area contributed by atoms with E-state index in [2.05, 4.69) is 0 Å². The molecule has 0 radical (unpaired) electrons. The molecule has 0 aromatic heterocycles. The highest BCUT2D eigenvalue weighted by atomic mass is 16.6. The first kappa shape index (κ1) is 14.8. The van der Waals surface area contributed by atoms with Crippen LogP contribution in [0.3, 0.4) is 0 Å². The Balaban J connectivity index is 2.25. The third-order valence-electron chi connectivity index (χ3n) is 2.96. The number of allylic oxidation sites excluding steroid dienone is 1. The molecule has 0 aliphatic rings. The maximum Gasteiger partial charge on any atom is 0.251 e. The summed E-state index contributed by atoms with van der Waals surface area (Å²) in [5.41, 5.74) is 1.85. The molecule has 4 nitrogen and oxygen atoms in total. The van der Waals surface area contributed by atoms with E-state index < -0.39 is 0 Å². The van der Waals surface area contributed by atoms with Gasteiger partial charge in [0.25, 0.3) is 5.70 Å². The number of hydrogen-bond acceptors (Lipinski definition) is 3. The van der Waals surface area contributed by atoms with E-state index in [0.717, 1.165) is 11.1 Å². The van der Waals surface area contributed by atoms with E-state index >= 15 is 0 Å². The number of rotatable bonds is 6. The van der Waals surface area contributed by atoms with Crippen LogP contribution < -0.4 is 4.74 Å². The fourth-order valence-corrected chi connectivity index (χ4v) is 2.03. The van der Waals surface area contributed by atoms with Gasteiger partial charge in [0.1, 0.15) is 5.75 Å². The van der Waals surface area contributed by atoms with E-state index in [1.807, 2.05) is 55.5 Å².